The minimum absolute atomic E-state index is 0.0837. The largest absolute Gasteiger partial charge is 0.508 e. The van der Waals surface area contributed by atoms with E-state index in [0.29, 0.717) is 30.0 Å². The summed E-state index contributed by atoms with van der Waals surface area (Å²) in [7, 11) is -2.88. The number of para-hydroxylation sites is 1. The van der Waals surface area contributed by atoms with Crippen LogP contribution in [0.1, 0.15) is 31.7 Å². The Kier molecular flexibility index (Phi) is 9.40. The maximum Gasteiger partial charge on any atom is 0.488 e. The van der Waals surface area contributed by atoms with Gasteiger partial charge in [0.2, 0.25) is 11.8 Å². The molecule has 236 valence electrons. The predicted octanol–water partition coefficient (Wildman–Crippen LogP) is 3.99. The molecule has 2 saturated heterocycles. The summed E-state index contributed by atoms with van der Waals surface area (Å²) in [6.07, 6.45) is 2.98. The van der Waals surface area contributed by atoms with Crippen molar-refractivity contribution in [2.45, 2.75) is 38.6 Å². The molecule has 12 heteroatoms. The smallest absolute Gasteiger partial charge is 0.488 e. The van der Waals surface area contributed by atoms with Gasteiger partial charge in [0.05, 0.1) is 28.6 Å². The molecule has 0 aromatic heterocycles. The number of fused-ring (bicyclic) bond motifs is 3. The van der Waals surface area contributed by atoms with Crippen molar-refractivity contribution in [2.24, 2.45) is 17.8 Å². The SMILES string of the molecule is C/C(=C\c1ccc(O)cc1Cl)CC[C@H]1OB(O)C[C@H]2C1=C(COc1ccccc1)C[C@H]1C(=O)N(c3cccc(B(O)O)c3)C(=O)[C@H]12. The maximum absolute atomic E-state index is 14.1. The number of phenols is 1. The molecule has 3 aliphatic rings. The first-order chi connectivity index (χ1) is 22.1. The van der Waals surface area contributed by atoms with Crippen LogP contribution in [0.4, 0.5) is 5.69 Å². The average Bonchev–Trinajstić information content (AvgIpc) is 3.29. The molecular formula is C34H34B2ClNO8. The van der Waals surface area contributed by atoms with Crippen molar-refractivity contribution in [3.8, 4) is 11.5 Å². The number of ether oxygens (including phenoxy) is 1. The zero-order valence-electron chi connectivity index (χ0n) is 25.3. The van der Waals surface area contributed by atoms with E-state index in [1.54, 1.807) is 24.3 Å². The van der Waals surface area contributed by atoms with Crippen LogP contribution in [-0.2, 0) is 14.2 Å². The van der Waals surface area contributed by atoms with Crippen LogP contribution in [0, 0.1) is 17.8 Å². The zero-order chi connectivity index (χ0) is 32.5. The molecule has 2 heterocycles. The average molecular weight is 642 g/mol. The summed E-state index contributed by atoms with van der Waals surface area (Å²) in [6, 6.07) is 20.3. The molecule has 2 amide bonds. The molecule has 3 aromatic carbocycles. The van der Waals surface area contributed by atoms with Crippen molar-refractivity contribution >= 4 is 54.9 Å². The Balaban J connectivity index is 1.32. The maximum atomic E-state index is 14.1. The third-order valence-electron chi connectivity index (χ3n) is 9.08. The number of anilines is 1. The second-order valence-electron chi connectivity index (χ2n) is 12.1. The van der Waals surface area contributed by atoms with E-state index in [4.69, 9.17) is 21.0 Å². The van der Waals surface area contributed by atoms with Crippen LogP contribution in [0.25, 0.3) is 6.08 Å². The molecule has 4 N–H and O–H groups in total. The molecule has 0 unspecified atom stereocenters. The van der Waals surface area contributed by atoms with Crippen LogP contribution in [-0.4, -0.2) is 58.9 Å². The standard InChI is InChI=1S/C34H34B2ClNO8/c1-20(14-21-11-12-25(39)17-29(21)37)10-13-30-31-22(19-45-26-8-3-2-4-9-26)15-27-32(28(31)18-35(42)46-30)34(41)38(33(27)40)24-7-5-6-23(16-24)36(43)44/h2-9,11-12,14,16-17,27-28,30,32,39,42-44H,10,13,15,18-19H2,1H3/b20-14+/t27-,28+,30-,32-/m1/s1. The Morgan fingerprint density at radius 1 is 1.07 bits per heavy atom. The van der Waals surface area contributed by atoms with Crippen LogP contribution in [0.5, 0.6) is 11.5 Å². The first-order valence-electron chi connectivity index (χ1n) is 15.3. The number of imide groups is 1. The number of hydrogen-bond acceptors (Lipinski definition) is 8. The first kappa shape index (κ1) is 32.1. The lowest BCUT2D eigenvalue weighted by molar-refractivity contribution is -0.122. The number of amides is 2. The number of hydrogen-bond donors (Lipinski definition) is 4. The van der Waals surface area contributed by atoms with Crippen LogP contribution < -0.4 is 15.1 Å². The van der Waals surface area contributed by atoms with E-state index < -0.39 is 38.1 Å². The highest BCUT2D eigenvalue weighted by Crippen LogP contribution is 2.51. The van der Waals surface area contributed by atoms with Gasteiger partial charge < -0.3 is 29.6 Å². The number of carbonyl (C=O) groups is 2. The number of halogens is 1. The molecule has 2 fully saturated rings. The number of rotatable bonds is 9. The molecule has 1 aliphatic carbocycles. The van der Waals surface area contributed by atoms with Crippen LogP contribution in [0.2, 0.25) is 11.3 Å². The van der Waals surface area contributed by atoms with Crippen molar-refractivity contribution < 1.29 is 39.2 Å². The normalized spacial score (nSPS) is 23.0. The van der Waals surface area contributed by atoms with Crippen molar-refractivity contribution in [3.63, 3.8) is 0 Å². The highest BCUT2D eigenvalue weighted by molar-refractivity contribution is 6.58. The summed E-state index contributed by atoms with van der Waals surface area (Å²) in [5.74, 6) is -1.82. The number of phenolic OH excluding ortho intramolecular Hbond substituents is 1. The molecule has 2 aliphatic heterocycles. The van der Waals surface area contributed by atoms with Gasteiger partial charge in [0.25, 0.3) is 0 Å². The third kappa shape index (κ3) is 6.52. The Morgan fingerprint density at radius 2 is 1.85 bits per heavy atom. The summed E-state index contributed by atoms with van der Waals surface area (Å²) in [5, 5.41) is 40.5. The van der Waals surface area contributed by atoms with Gasteiger partial charge >= 0.3 is 14.2 Å². The lowest BCUT2D eigenvalue weighted by Crippen LogP contribution is -2.46. The fourth-order valence-corrected chi connectivity index (χ4v) is 7.22. The third-order valence-corrected chi connectivity index (χ3v) is 9.40. The van der Waals surface area contributed by atoms with Crippen molar-refractivity contribution in [1.82, 2.24) is 0 Å². The monoisotopic (exact) mass is 641 g/mol. The minimum atomic E-state index is -1.75. The molecule has 0 spiro atoms. The molecule has 6 rings (SSSR count). The van der Waals surface area contributed by atoms with Gasteiger partial charge in [-0.3, -0.25) is 14.5 Å². The summed E-state index contributed by atoms with van der Waals surface area (Å²) in [4.78, 5) is 29.1. The number of nitrogens with zero attached hydrogens (tertiary/aromatic N) is 1. The van der Waals surface area contributed by atoms with E-state index in [9.17, 15) is 29.8 Å². The predicted molar refractivity (Wildman–Crippen MR) is 176 cm³/mol. The van der Waals surface area contributed by atoms with Crippen LogP contribution in [0.3, 0.4) is 0 Å². The molecule has 0 radical (unpaired) electrons. The Bertz CT molecular complexity index is 1700. The van der Waals surface area contributed by atoms with E-state index in [2.05, 4.69) is 0 Å². The summed E-state index contributed by atoms with van der Waals surface area (Å²) in [6.45, 7) is 2.17. The van der Waals surface area contributed by atoms with Crippen LogP contribution >= 0.6 is 11.6 Å². The highest BCUT2D eigenvalue weighted by Gasteiger charge is 2.57. The topological polar surface area (TPSA) is 137 Å². The Labute approximate surface area is 273 Å². The molecule has 9 nitrogen and oxygen atoms in total. The van der Waals surface area contributed by atoms with Crippen LogP contribution in [0.15, 0.2) is 89.5 Å². The lowest BCUT2D eigenvalue weighted by atomic mass is 9.58. The van der Waals surface area contributed by atoms with E-state index in [-0.39, 0.29) is 41.6 Å². The summed E-state index contributed by atoms with van der Waals surface area (Å²) < 4.78 is 12.3. The number of aromatic hydroxyl groups is 1. The zero-order valence-corrected chi connectivity index (χ0v) is 26.0. The number of carbonyl (C=O) groups excluding carboxylic acids is 2. The molecular weight excluding hydrogens is 607 g/mol. The molecule has 0 saturated carbocycles. The van der Waals surface area contributed by atoms with Gasteiger partial charge in [-0.25, -0.2) is 0 Å². The Morgan fingerprint density at radius 3 is 2.59 bits per heavy atom. The van der Waals surface area contributed by atoms with Gasteiger partial charge in [0.1, 0.15) is 18.1 Å². The van der Waals surface area contributed by atoms with Gasteiger partial charge in [0.15, 0.2) is 0 Å². The fourth-order valence-electron chi connectivity index (χ4n) is 6.99. The van der Waals surface area contributed by atoms with Crippen molar-refractivity contribution in [2.75, 3.05) is 11.5 Å². The second-order valence-corrected chi connectivity index (χ2v) is 12.5. The summed E-state index contributed by atoms with van der Waals surface area (Å²) in [5.41, 5.74) is 3.98. The van der Waals surface area contributed by atoms with E-state index in [1.807, 2.05) is 43.3 Å². The number of allylic oxidation sites excluding steroid dienone is 1. The lowest BCUT2D eigenvalue weighted by Gasteiger charge is -2.43. The molecule has 46 heavy (non-hydrogen) atoms. The first-order valence-corrected chi connectivity index (χ1v) is 15.7. The molecule has 3 aromatic rings. The Hall–Kier alpha value is -3.86. The van der Waals surface area contributed by atoms with Gasteiger partial charge in [-0.2, -0.15) is 0 Å². The van der Waals surface area contributed by atoms with Crippen molar-refractivity contribution in [3.05, 3.63) is 100 Å². The molecule has 4 atom stereocenters. The van der Waals surface area contributed by atoms with Gasteiger partial charge in [-0.05, 0) is 103 Å². The van der Waals surface area contributed by atoms with E-state index >= 15 is 0 Å². The quantitative estimate of drug-likeness (QED) is 0.157. The van der Waals surface area contributed by atoms with Gasteiger partial charge in [-0.15, -0.1) is 0 Å². The van der Waals surface area contributed by atoms with E-state index in [1.165, 1.54) is 18.2 Å². The highest BCUT2D eigenvalue weighted by atomic mass is 35.5. The number of benzene rings is 3. The van der Waals surface area contributed by atoms with Gasteiger partial charge in [-0.1, -0.05) is 53.6 Å². The van der Waals surface area contributed by atoms with Gasteiger partial charge in [0, 0.05) is 0 Å². The second kappa shape index (κ2) is 13.5. The molecule has 0 bridgehead atoms. The fraction of sp³-hybridized carbons (Fsp3) is 0.294. The summed E-state index contributed by atoms with van der Waals surface area (Å²) >= 11 is 6.32. The minimum Gasteiger partial charge on any atom is -0.508 e. The van der Waals surface area contributed by atoms with Crippen molar-refractivity contribution in [1.29, 1.82) is 0 Å². The van der Waals surface area contributed by atoms with E-state index in [0.717, 1.165) is 27.2 Å².